The van der Waals surface area contributed by atoms with E-state index in [-0.39, 0.29) is 0 Å². The van der Waals surface area contributed by atoms with Gasteiger partial charge in [0, 0.05) is 35.5 Å². The lowest BCUT2D eigenvalue weighted by Gasteiger charge is -2.09. The van der Waals surface area contributed by atoms with Crippen LogP contribution in [0.1, 0.15) is 11.1 Å². The number of hydrogen-bond acceptors (Lipinski definition) is 3. The van der Waals surface area contributed by atoms with Crippen molar-refractivity contribution in [1.29, 1.82) is 0 Å². The lowest BCUT2D eigenvalue weighted by molar-refractivity contribution is 0.688. The van der Waals surface area contributed by atoms with E-state index < -0.39 is 0 Å². The molecular formula is C22H22N4. The highest BCUT2D eigenvalue weighted by Crippen LogP contribution is 2.18. The van der Waals surface area contributed by atoms with Crippen LogP contribution in [0.2, 0.25) is 0 Å². The topological polar surface area (TPSA) is 52.7 Å². The van der Waals surface area contributed by atoms with E-state index in [4.69, 9.17) is 0 Å². The number of nitrogens with one attached hydrogen (secondary N) is 3. The zero-order chi connectivity index (χ0) is 17.6. The molecule has 0 saturated carbocycles. The van der Waals surface area contributed by atoms with E-state index in [0.29, 0.717) is 0 Å². The van der Waals surface area contributed by atoms with Gasteiger partial charge in [0.1, 0.15) is 0 Å². The van der Waals surface area contributed by atoms with Gasteiger partial charge in [-0.2, -0.15) is 0 Å². The standard InChI is InChI=1S/C22H22N4/c1-2-9-22-21(8-1)18(15-25-22)10-12-24-14-17-5-3-6-19(13-17)26-20-7-4-11-23-16-20/h1-9,11,13,15-16,24-26H,10,12,14H2. The number of hydrogen-bond donors (Lipinski definition) is 3. The summed E-state index contributed by atoms with van der Waals surface area (Å²) in [6.45, 7) is 1.80. The summed E-state index contributed by atoms with van der Waals surface area (Å²) in [7, 11) is 0. The average Bonchev–Trinajstić information content (AvgIpc) is 3.10. The van der Waals surface area contributed by atoms with Crippen molar-refractivity contribution in [3.63, 3.8) is 0 Å². The molecule has 0 aliphatic heterocycles. The highest BCUT2D eigenvalue weighted by molar-refractivity contribution is 5.83. The Kier molecular flexibility index (Phi) is 4.94. The molecule has 0 bridgehead atoms. The maximum absolute atomic E-state index is 4.13. The lowest BCUT2D eigenvalue weighted by Crippen LogP contribution is -2.16. The van der Waals surface area contributed by atoms with Crippen molar-refractivity contribution in [3.05, 3.63) is 90.4 Å². The molecular weight excluding hydrogens is 320 g/mol. The van der Waals surface area contributed by atoms with Gasteiger partial charge in [-0.25, -0.2) is 0 Å². The van der Waals surface area contributed by atoms with Crippen LogP contribution in [0, 0.1) is 0 Å². The van der Waals surface area contributed by atoms with Crippen LogP contribution in [0.5, 0.6) is 0 Å². The lowest BCUT2D eigenvalue weighted by atomic mass is 10.1. The van der Waals surface area contributed by atoms with Gasteiger partial charge in [-0.05, 0) is 54.4 Å². The van der Waals surface area contributed by atoms with Crippen LogP contribution < -0.4 is 10.6 Å². The summed E-state index contributed by atoms with van der Waals surface area (Å²) >= 11 is 0. The summed E-state index contributed by atoms with van der Waals surface area (Å²) in [4.78, 5) is 7.47. The van der Waals surface area contributed by atoms with Crippen LogP contribution in [0.25, 0.3) is 10.9 Å². The number of H-pyrrole nitrogens is 1. The number of rotatable bonds is 7. The third kappa shape index (κ3) is 3.92. The molecule has 3 N–H and O–H groups in total. The summed E-state index contributed by atoms with van der Waals surface area (Å²) in [5.41, 5.74) is 5.90. The van der Waals surface area contributed by atoms with Crippen molar-refractivity contribution >= 4 is 22.3 Å². The summed E-state index contributed by atoms with van der Waals surface area (Å²) in [6.07, 6.45) is 6.73. The first-order valence-corrected chi connectivity index (χ1v) is 8.90. The molecule has 2 aromatic carbocycles. The van der Waals surface area contributed by atoms with Gasteiger partial charge in [0.2, 0.25) is 0 Å². The predicted octanol–water partition coefficient (Wildman–Crippen LogP) is 4.64. The summed E-state index contributed by atoms with van der Waals surface area (Å²) < 4.78 is 0. The van der Waals surface area contributed by atoms with Crippen LogP contribution in [0.15, 0.2) is 79.3 Å². The molecule has 26 heavy (non-hydrogen) atoms. The predicted molar refractivity (Wildman–Crippen MR) is 108 cm³/mol. The zero-order valence-corrected chi connectivity index (χ0v) is 14.6. The van der Waals surface area contributed by atoms with Gasteiger partial charge in [0.15, 0.2) is 0 Å². The number of aromatic amines is 1. The van der Waals surface area contributed by atoms with Gasteiger partial charge in [-0.3, -0.25) is 4.98 Å². The Morgan fingerprint density at radius 3 is 2.77 bits per heavy atom. The summed E-state index contributed by atoms with van der Waals surface area (Å²) in [5.74, 6) is 0. The SMILES string of the molecule is c1cncc(Nc2cccc(CNCCc3c[nH]c4ccccc34)c2)c1. The van der Waals surface area contributed by atoms with Crippen molar-refractivity contribution in [2.45, 2.75) is 13.0 Å². The van der Waals surface area contributed by atoms with E-state index >= 15 is 0 Å². The number of para-hydroxylation sites is 1. The van der Waals surface area contributed by atoms with E-state index in [9.17, 15) is 0 Å². The van der Waals surface area contributed by atoms with Crippen molar-refractivity contribution in [2.75, 3.05) is 11.9 Å². The van der Waals surface area contributed by atoms with Crippen LogP contribution in [0.4, 0.5) is 11.4 Å². The fraction of sp³-hybridized carbons (Fsp3) is 0.136. The Bertz CT molecular complexity index is 976. The Morgan fingerprint density at radius 2 is 1.85 bits per heavy atom. The van der Waals surface area contributed by atoms with Crippen molar-refractivity contribution in [2.24, 2.45) is 0 Å². The van der Waals surface area contributed by atoms with Crippen molar-refractivity contribution < 1.29 is 0 Å². The second-order valence-corrected chi connectivity index (χ2v) is 6.35. The second-order valence-electron chi connectivity index (χ2n) is 6.35. The second kappa shape index (κ2) is 7.85. The molecule has 0 aliphatic carbocycles. The smallest absolute Gasteiger partial charge is 0.0570 e. The van der Waals surface area contributed by atoms with E-state index in [1.165, 1.54) is 22.0 Å². The third-order valence-electron chi connectivity index (χ3n) is 4.45. The molecule has 0 saturated heterocycles. The van der Waals surface area contributed by atoms with Crippen LogP contribution >= 0.6 is 0 Å². The van der Waals surface area contributed by atoms with Crippen molar-refractivity contribution in [3.8, 4) is 0 Å². The highest BCUT2D eigenvalue weighted by atomic mass is 14.9. The minimum atomic E-state index is 0.852. The maximum Gasteiger partial charge on any atom is 0.0570 e. The first kappa shape index (κ1) is 16.4. The summed E-state index contributed by atoms with van der Waals surface area (Å²) in [5, 5.41) is 8.24. The quantitative estimate of drug-likeness (QED) is 0.429. The number of benzene rings is 2. The molecule has 130 valence electrons. The zero-order valence-electron chi connectivity index (χ0n) is 14.6. The van der Waals surface area contributed by atoms with Crippen LogP contribution in [-0.4, -0.2) is 16.5 Å². The van der Waals surface area contributed by atoms with E-state index in [1.807, 2.05) is 18.3 Å². The molecule has 2 aromatic heterocycles. The normalized spacial score (nSPS) is 10.9. The number of nitrogens with zero attached hydrogens (tertiary/aromatic N) is 1. The van der Waals surface area contributed by atoms with E-state index in [2.05, 4.69) is 75.3 Å². The Morgan fingerprint density at radius 1 is 0.923 bits per heavy atom. The molecule has 0 unspecified atom stereocenters. The number of aromatic nitrogens is 2. The Balaban J connectivity index is 1.31. The monoisotopic (exact) mass is 342 g/mol. The molecule has 0 fully saturated rings. The molecule has 0 spiro atoms. The maximum atomic E-state index is 4.13. The number of pyridine rings is 1. The van der Waals surface area contributed by atoms with E-state index in [0.717, 1.165) is 30.9 Å². The summed E-state index contributed by atoms with van der Waals surface area (Å²) in [6, 6.07) is 20.9. The molecule has 4 nitrogen and oxygen atoms in total. The highest BCUT2D eigenvalue weighted by Gasteiger charge is 2.02. The molecule has 4 heteroatoms. The van der Waals surface area contributed by atoms with Crippen molar-refractivity contribution in [1.82, 2.24) is 15.3 Å². The largest absolute Gasteiger partial charge is 0.361 e. The third-order valence-corrected chi connectivity index (χ3v) is 4.45. The van der Waals surface area contributed by atoms with Gasteiger partial charge >= 0.3 is 0 Å². The van der Waals surface area contributed by atoms with Gasteiger partial charge in [0.25, 0.3) is 0 Å². The van der Waals surface area contributed by atoms with Gasteiger partial charge in [0.05, 0.1) is 11.9 Å². The minimum Gasteiger partial charge on any atom is -0.361 e. The molecule has 0 amide bonds. The molecule has 0 atom stereocenters. The van der Waals surface area contributed by atoms with Crippen LogP contribution in [0.3, 0.4) is 0 Å². The van der Waals surface area contributed by atoms with Gasteiger partial charge in [-0.1, -0.05) is 30.3 Å². The number of fused-ring (bicyclic) bond motifs is 1. The Labute approximate surface area is 153 Å². The molecule has 0 radical (unpaired) electrons. The molecule has 4 aromatic rings. The molecule has 0 aliphatic rings. The average molecular weight is 342 g/mol. The van der Waals surface area contributed by atoms with Crippen LogP contribution in [-0.2, 0) is 13.0 Å². The number of anilines is 2. The molecule has 4 rings (SSSR count). The van der Waals surface area contributed by atoms with E-state index in [1.54, 1.807) is 6.20 Å². The fourth-order valence-electron chi connectivity index (χ4n) is 3.16. The molecule has 2 heterocycles. The van der Waals surface area contributed by atoms with Gasteiger partial charge in [-0.15, -0.1) is 0 Å². The van der Waals surface area contributed by atoms with Gasteiger partial charge < -0.3 is 15.6 Å². The first-order valence-electron chi connectivity index (χ1n) is 8.90. The first-order chi connectivity index (χ1) is 12.9. The minimum absolute atomic E-state index is 0.852. The Hall–Kier alpha value is -3.11. The fourth-order valence-corrected chi connectivity index (χ4v) is 3.16.